The van der Waals surface area contributed by atoms with Crippen LogP contribution in [-0.2, 0) is 17.3 Å². The number of carboxylic acids is 1. The van der Waals surface area contributed by atoms with E-state index in [0.29, 0.717) is 5.56 Å². The van der Waals surface area contributed by atoms with Crippen molar-refractivity contribution in [2.45, 2.75) is 84.0 Å². The standard InChI is InChI=1S/C28H36O2/c1-6-7-8-9-22-18-24-25(28(4,5)17-16-27(24,2)3)19-23(22)15-12-20-10-13-21(14-11-20)26(29)30/h10-15,18-19H,6-9,16-17H2,1-5H3,(H,29,30)/b15-12+. The lowest BCUT2D eigenvalue weighted by atomic mass is 9.62. The Kier molecular flexibility index (Phi) is 6.55. The molecule has 0 saturated heterocycles. The third-order valence-corrected chi connectivity index (χ3v) is 6.78. The lowest BCUT2D eigenvalue weighted by Gasteiger charge is -2.42. The van der Waals surface area contributed by atoms with Crippen LogP contribution in [0.15, 0.2) is 36.4 Å². The molecule has 2 nitrogen and oxygen atoms in total. The highest BCUT2D eigenvalue weighted by atomic mass is 16.4. The Labute approximate surface area is 182 Å². The van der Waals surface area contributed by atoms with Crippen LogP contribution in [0.5, 0.6) is 0 Å². The molecule has 2 heteroatoms. The van der Waals surface area contributed by atoms with E-state index >= 15 is 0 Å². The molecule has 0 saturated carbocycles. The maximum absolute atomic E-state index is 11.1. The Morgan fingerprint density at radius 2 is 1.53 bits per heavy atom. The summed E-state index contributed by atoms with van der Waals surface area (Å²) in [5.41, 5.74) is 7.51. The molecule has 0 heterocycles. The van der Waals surface area contributed by atoms with Gasteiger partial charge in [-0.1, -0.05) is 83.9 Å². The van der Waals surface area contributed by atoms with Gasteiger partial charge in [-0.2, -0.15) is 0 Å². The van der Waals surface area contributed by atoms with E-state index in [2.05, 4.69) is 58.9 Å². The molecule has 0 spiro atoms. The Bertz CT molecular complexity index is 930. The summed E-state index contributed by atoms with van der Waals surface area (Å²) in [7, 11) is 0. The highest BCUT2D eigenvalue weighted by molar-refractivity contribution is 5.88. The Balaban J connectivity index is 2.01. The first-order valence-corrected chi connectivity index (χ1v) is 11.3. The fourth-order valence-electron chi connectivity index (χ4n) is 4.54. The van der Waals surface area contributed by atoms with Gasteiger partial charge in [0.15, 0.2) is 0 Å². The number of aryl methyl sites for hydroxylation is 1. The topological polar surface area (TPSA) is 37.3 Å². The van der Waals surface area contributed by atoms with Crippen molar-refractivity contribution in [3.63, 3.8) is 0 Å². The fraction of sp³-hybridized carbons (Fsp3) is 0.464. The van der Waals surface area contributed by atoms with Gasteiger partial charge < -0.3 is 5.11 Å². The molecule has 0 radical (unpaired) electrons. The Morgan fingerprint density at radius 1 is 0.933 bits per heavy atom. The van der Waals surface area contributed by atoms with E-state index in [4.69, 9.17) is 5.11 Å². The van der Waals surface area contributed by atoms with E-state index in [1.54, 1.807) is 12.1 Å². The first kappa shape index (κ1) is 22.3. The van der Waals surface area contributed by atoms with E-state index < -0.39 is 5.97 Å². The first-order chi connectivity index (χ1) is 14.1. The van der Waals surface area contributed by atoms with Gasteiger partial charge in [-0.15, -0.1) is 0 Å². The quantitative estimate of drug-likeness (QED) is 0.380. The van der Waals surface area contributed by atoms with Gasteiger partial charge >= 0.3 is 5.97 Å². The van der Waals surface area contributed by atoms with Crippen molar-refractivity contribution in [1.82, 2.24) is 0 Å². The van der Waals surface area contributed by atoms with Crippen molar-refractivity contribution in [3.05, 3.63) is 69.8 Å². The number of unbranched alkanes of at least 4 members (excludes halogenated alkanes) is 2. The smallest absolute Gasteiger partial charge is 0.335 e. The summed E-state index contributed by atoms with van der Waals surface area (Å²) in [6.07, 6.45) is 11.6. The zero-order valence-corrected chi connectivity index (χ0v) is 19.2. The second-order valence-electron chi connectivity index (χ2n) is 10.1. The van der Waals surface area contributed by atoms with Crippen LogP contribution in [0.4, 0.5) is 0 Å². The van der Waals surface area contributed by atoms with Crippen molar-refractivity contribution in [2.75, 3.05) is 0 Å². The minimum atomic E-state index is -0.886. The van der Waals surface area contributed by atoms with Crippen molar-refractivity contribution in [3.8, 4) is 0 Å². The van der Waals surface area contributed by atoms with E-state index in [1.165, 1.54) is 54.4 Å². The maximum Gasteiger partial charge on any atom is 0.335 e. The van der Waals surface area contributed by atoms with Crippen LogP contribution < -0.4 is 0 Å². The van der Waals surface area contributed by atoms with Gasteiger partial charge in [0.1, 0.15) is 0 Å². The number of carbonyl (C=O) groups is 1. The van der Waals surface area contributed by atoms with E-state index in [9.17, 15) is 4.79 Å². The molecule has 0 atom stereocenters. The summed E-state index contributed by atoms with van der Waals surface area (Å²) in [5, 5.41) is 9.11. The number of benzene rings is 2. The molecule has 1 aliphatic rings. The average Bonchev–Trinajstić information content (AvgIpc) is 2.70. The molecule has 0 amide bonds. The summed E-state index contributed by atoms with van der Waals surface area (Å²) >= 11 is 0. The summed E-state index contributed by atoms with van der Waals surface area (Å²) in [6, 6.07) is 12.0. The number of hydrogen-bond acceptors (Lipinski definition) is 1. The second kappa shape index (κ2) is 8.79. The molecule has 1 aliphatic carbocycles. The van der Waals surface area contributed by atoms with Crippen LogP contribution >= 0.6 is 0 Å². The number of rotatable bonds is 7. The minimum absolute atomic E-state index is 0.193. The molecule has 0 fully saturated rings. The third kappa shape index (κ3) is 4.86. The largest absolute Gasteiger partial charge is 0.478 e. The summed E-state index contributed by atoms with van der Waals surface area (Å²) < 4.78 is 0. The van der Waals surface area contributed by atoms with Crippen LogP contribution in [-0.4, -0.2) is 11.1 Å². The number of carboxylic acid groups (broad SMARTS) is 1. The molecule has 0 aromatic heterocycles. The first-order valence-electron chi connectivity index (χ1n) is 11.3. The SMILES string of the molecule is CCCCCc1cc2c(cc1/C=C/c1ccc(C(=O)O)cc1)C(C)(C)CCC2(C)C. The Morgan fingerprint density at radius 3 is 2.10 bits per heavy atom. The maximum atomic E-state index is 11.1. The van der Waals surface area contributed by atoms with Gasteiger partial charge in [0.2, 0.25) is 0 Å². The predicted octanol–water partition coefficient (Wildman–Crippen LogP) is 7.64. The van der Waals surface area contributed by atoms with Crippen LogP contribution in [0.3, 0.4) is 0 Å². The third-order valence-electron chi connectivity index (χ3n) is 6.78. The van der Waals surface area contributed by atoms with Crippen LogP contribution in [0.1, 0.15) is 105 Å². The average molecular weight is 405 g/mol. The molecule has 160 valence electrons. The monoisotopic (exact) mass is 404 g/mol. The van der Waals surface area contributed by atoms with Crippen LogP contribution in [0.25, 0.3) is 12.2 Å². The highest BCUT2D eigenvalue weighted by Gasteiger charge is 2.37. The summed E-state index contributed by atoms with van der Waals surface area (Å²) in [6.45, 7) is 11.8. The molecule has 0 unspecified atom stereocenters. The molecule has 2 aromatic carbocycles. The van der Waals surface area contributed by atoms with Gasteiger partial charge in [-0.05, 0) is 76.5 Å². The molecule has 0 aliphatic heterocycles. The molecule has 1 N–H and O–H groups in total. The normalized spacial score (nSPS) is 17.1. The Hall–Kier alpha value is -2.35. The molecular weight excluding hydrogens is 368 g/mol. The lowest BCUT2D eigenvalue weighted by molar-refractivity contribution is 0.0697. The molecule has 30 heavy (non-hydrogen) atoms. The number of hydrogen-bond donors (Lipinski definition) is 1. The minimum Gasteiger partial charge on any atom is -0.478 e. The zero-order valence-electron chi connectivity index (χ0n) is 19.2. The van der Waals surface area contributed by atoms with Crippen molar-refractivity contribution >= 4 is 18.1 Å². The van der Waals surface area contributed by atoms with Crippen molar-refractivity contribution in [1.29, 1.82) is 0 Å². The second-order valence-corrected chi connectivity index (χ2v) is 10.1. The number of fused-ring (bicyclic) bond motifs is 1. The van der Waals surface area contributed by atoms with Gasteiger partial charge in [0.25, 0.3) is 0 Å². The van der Waals surface area contributed by atoms with Gasteiger partial charge in [0, 0.05) is 0 Å². The lowest BCUT2D eigenvalue weighted by Crippen LogP contribution is -2.34. The van der Waals surface area contributed by atoms with E-state index in [0.717, 1.165) is 12.0 Å². The number of aromatic carboxylic acids is 1. The van der Waals surface area contributed by atoms with Gasteiger partial charge in [-0.3, -0.25) is 0 Å². The molecular formula is C28H36O2. The molecule has 3 rings (SSSR count). The molecule has 0 bridgehead atoms. The fourth-order valence-corrected chi connectivity index (χ4v) is 4.54. The van der Waals surface area contributed by atoms with Gasteiger partial charge in [-0.25, -0.2) is 4.79 Å². The van der Waals surface area contributed by atoms with Crippen LogP contribution in [0, 0.1) is 0 Å². The van der Waals surface area contributed by atoms with E-state index in [1.807, 2.05) is 12.1 Å². The predicted molar refractivity (Wildman–Crippen MR) is 127 cm³/mol. The summed E-state index contributed by atoms with van der Waals surface area (Å²) in [5.74, 6) is -0.886. The summed E-state index contributed by atoms with van der Waals surface area (Å²) in [4.78, 5) is 11.1. The van der Waals surface area contributed by atoms with Gasteiger partial charge in [0.05, 0.1) is 5.56 Å². The van der Waals surface area contributed by atoms with Crippen LogP contribution in [0.2, 0.25) is 0 Å². The van der Waals surface area contributed by atoms with Crippen molar-refractivity contribution in [2.24, 2.45) is 0 Å². The molecule has 2 aromatic rings. The highest BCUT2D eigenvalue weighted by Crippen LogP contribution is 2.46. The zero-order chi connectivity index (χ0) is 21.9. The van der Waals surface area contributed by atoms with Crippen molar-refractivity contribution < 1.29 is 9.90 Å². The van der Waals surface area contributed by atoms with E-state index in [-0.39, 0.29) is 10.8 Å².